The van der Waals surface area contributed by atoms with E-state index < -0.39 is 11.4 Å². The van der Waals surface area contributed by atoms with Gasteiger partial charge >= 0.3 is 5.97 Å². The van der Waals surface area contributed by atoms with Crippen LogP contribution < -0.4 is 5.32 Å². The number of carbonyl (C=O) groups excluding carboxylic acids is 1. The quantitative estimate of drug-likeness (QED) is 0.616. The van der Waals surface area contributed by atoms with Crippen LogP contribution in [0.3, 0.4) is 0 Å². The molecule has 1 aliphatic rings. The third-order valence-electron chi connectivity index (χ3n) is 5.39. The Morgan fingerprint density at radius 1 is 1.33 bits per heavy atom. The van der Waals surface area contributed by atoms with Gasteiger partial charge in [0.25, 0.3) is 0 Å². The van der Waals surface area contributed by atoms with E-state index in [9.17, 15) is 14.7 Å². The first-order chi connectivity index (χ1) is 12.9. The molecule has 0 heterocycles. The van der Waals surface area contributed by atoms with Crippen molar-refractivity contribution < 1.29 is 14.7 Å². The summed E-state index contributed by atoms with van der Waals surface area (Å²) in [6.45, 7) is 3.65. The number of nitriles is 1. The molecule has 2 N–H and O–H groups in total. The number of carboxylic acids is 1. The van der Waals surface area contributed by atoms with Crippen LogP contribution in [0, 0.1) is 28.6 Å². The number of benzene rings is 1. The maximum atomic E-state index is 13.2. The summed E-state index contributed by atoms with van der Waals surface area (Å²) in [5.74, 6) is -0.528. The van der Waals surface area contributed by atoms with Gasteiger partial charge in [-0.25, -0.2) is 0 Å². The maximum Gasteiger partial charge on any atom is 0.304 e. The Labute approximate surface area is 165 Å². The molecule has 0 aromatic heterocycles. The Morgan fingerprint density at radius 2 is 2.00 bits per heavy atom. The first-order valence-electron chi connectivity index (χ1n) is 9.51. The van der Waals surface area contributed by atoms with Gasteiger partial charge in [0.1, 0.15) is 0 Å². The number of carboxylic acid groups (broad SMARTS) is 1. The minimum absolute atomic E-state index is 0.0841. The van der Waals surface area contributed by atoms with E-state index in [4.69, 9.17) is 5.26 Å². The second-order valence-electron chi connectivity index (χ2n) is 7.61. The van der Waals surface area contributed by atoms with Gasteiger partial charge in [-0.3, -0.25) is 9.59 Å². The predicted molar refractivity (Wildman–Crippen MR) is 108 cm³/mol. The van der Waals surface area contributed by atoms with E-state index in [-0.39, 0.29) is 24.2 Å². The molecular weight excluding hydrogens is 360 g/mol. The zero-order valence-electron chi connectivity index (χ0n) is 16.0. The molecule has 0 radical (unpaired) electrons. The van der Waals surface area contributed by atoms with Crippen LogP contribution in [0.1, 0.15) is 52.4 Å². The summed E-state index contributed by atoms with van der Waals surface area (Å²) in [4.78, 5) is 25.6. The molecule has 0 aliphatic heterocycles. The Morgan fingerprint density at radius 3 is 2.63 bits per heavy atom. The van der Waals surface area contributed by atoms with Crippen molar-refractivity contribution in [2.45, 2.75) is 57.3 Å². The smallest absolute Gasteiger partial charge is 0.304 e. The van der Waals surface area contributed by atoms with Crippen molar-refractivity contribution in [3.05, 3.63) is 24.3 Å². The zero-order chi connectivity index (χ0) is 19.9. The molecule has 5 nitrogen and oxygen atoms in total. The van der Waals surface area contributed by atoms with Crippen molar-refractivity contribution in [2.24, 2.45) is 17.3 Å². The number of para-hydroxylation sites is 1. The van der Waals surface area contributed by atoms with Gasteiger partial charge in [0, 0.05) is 10.6 Å². The van der Waals surface area contributed by atoms with Gasteiger partial charge in [0.05, 0.1) is 29.5 Å². The third kappa shape index (κ3) is 5.74. The minimum atomic E-state index is -0.941. The topological polar surface area (TPSA) is 90.2 Å². The van der Waals surface area contributed by atoms with Gasteiger partial charge in [-0.1, -0.05) is 31.4 Å². The SMILES string of the molecule is CC(C#N)CSc1ccccc1NC(=O)C(C)(CC(=O)O)C1CCCCC1. The molecule has 146 valence electrons. The average Bonchev–Trinajstić information content (AvgIpc) is 2.67. The number of thioether (sulfide) groups is 1. The number of carbonyl (C=O) groups is 2. The highest BCUT2D eigenvalue weighted by molar-refractivity contribution is 7.99. The highest BCUT2D eigenvalue weighted by Crippen LogP contribution is 2.42. The van der Waals surface area contributed by atoms with Crippen LogP contribution in [0.2, 0.25) is 0 Å². The number of aliphatic carboxylic acids is 1. The minimum Gasteiger partial charge on any atom is -0.481 e. The zero-order valence-corrected chi connectivity index (χ0v) is 16.8. The van der Waals surface area contributed by atoms with Crippen molar-refractivity contribution in [1.29, 1.82) is 5.26 Å². The van der Waals surface area contributed by atoms with E-state index in [0.29, 0.717) is 11.4 Å². The van der Waals surface area contributed by atoms with Gasteiger partial charge in [-0.15, -0.1) is 11.8 Å². The average molecular weight is 389 g/mol. The van der Waals surface area contributed by atoms with Crippen LogP contribution in [-0.2, 0) is 9.59 Å². The molecule has 0 bridgehead atoms. The summed E-state index contributed by atoms with van der Waals surface area (Å²) < 4.78 is 0. The van der Waals surface area contributed by atoms with Crippen molar-refractivity contribution in [3.8, 4) is 6.07 Å². The molecule has 0 saturated heterocycles. The van der Waals surface area contributed by atoms with E-state index in [2.05, 4.69) is 11.4 Å². The highest BCUT2D eigenvalue weighted by Gasteiger charge is 2.43. The van der Waals surface area contributed by atoms with Crippen LogP contribution in [0.5, 0.6) is 0 Å². The standard InChI is InChI=1S/C21H28N2O3S/c1-15(13-22)14-27-18-11-7-6-10-17(18)23-20(26)21(2,12-19(24)25)16-8-4-3-5-9-16/h6-7,10-11,15-16H,3-5,8-9,12,14H2,1-2H3,(H,23,26)(H,24,25). The molecule has 1 aliphatic carbocycles. The number of hydrogen-bond donors (Lipinski definition) is 2. The fourth-order valence-corrected chi connectivity index (χ4v) is 4.63. The lowest BCUT2D eigenvalue weighted by atomic mass is 9.67. The van der Waals surface area contributed by atoms with E-state index in [1.807, 2.05) is 31.2 Å². The molecule has 1 saturated carbocycles. The van der Waals surface area contributed by atoms with Crippen LogP contribution in [-0.4, -0.2) is 22.7 Å². The molecule has 0 spiro atoms. The first-order valence-corrected chi connectivity index (χ1v) is 10.5. The van der Waals surface area contributed by atoms with Gasteiger partial charge < -0.3 is 10.4 Å². The Bertz CT molecular complexity index is 710. The predicted octanol–water partition coefficient (Wildman–Crippen LogP) is 4.94. The second-order valence-corrected chi connectivity index (χ2v) is 8.68. The normalized spacial score (nSPS) is 18.1. The molecule has 27 heavy (non-hydrogen) atoms. The molecule has 1 fully saturated rings. The number of amides is 1. The largest absolute Gasteiger partial charge is 0.481 e. The summed E-state index contributed by atoms with van der Waals surface area (Å²) >= 11 is 1.53. The fourth-order valence-electron chi connectivity index (χ4n) is 3.68. The van der Waals surface area contributed by atoms with E-state index in [0.717, 1.165) is 37.0 Å². The molecule has 1 amide bonds. The van der Waals surface area contributed by atoms with Crippen LogP contribution in [0.4, 0.5) is 5.69 Å². The lowest BCUT2D eigenvalue weighted by molar-refractivity contribution is -0.145. The van der Waals surface area contributed by atoms with Crippen molar-refractivity contribution in [3.63, 3.8) is 0 Å². The van der Waals surface area contributed by atoms with Crippen molar-refractivity contribution in [2.75, 3.05) is 11.1 Å². The molecule has 1 aromatic rings. The molecular formula is C21H28N2O3S. The lowest BCUT2D eigenvalue weighted by Crippen LogP contribution is -2.42. The monoisotopic (exact) mass is 388 g/mol. The van der Waals surface area contributed by atoms with Gasteiger partial charge in [-0.05, 0) is 44.7 Å². The number of nitrogens with zero attached hydrogens (tertiary/aromatic N) is 1. The second kappa shape index (κ2) is 9.80. The first kappa shape index (κ1) is 21.3. The number of rotatable bonds is 8. The maximum absolute atomic E-state index is 13.2. The summed E-state index contributed by atoms with van der Waals surface area (Å²) in [5, 5.41) is 21.4. The van der Waals surface area contributed by atoms with Gasteiger partial charge in [-0.2, -0.15) is 5.26 Å². The summed E-state index contributed by atoms with van der Waals surface area (Å²) in [7, 11) is 0. The molecule has 2 unspecified atom stereocenters. The molecule has 6 heteroatoms. The Kier molecular flexibility index (Phi) is 7.73. The lowest BCUT2D eigenvalue weighted by Gasteiger charge is -2.37. The third-order valence-corrected chi connectivity index (χ3v) is 6.72. The highest BCUT2D eigenvalue weighted by atomic mass is 32.2. The fraction of sp³-hybridized carbons (Fsp3) is 0.571. The molecule has 1 aromatic carbocycles. The number of hydrogen-bond acceptors (Lipinski definition) is 4. The van der Waals surface area contributed by atoms with Crippen molar-refractivity contribution >= 4 is 29.3 Å². The number of nitrogens with one attached hydrogen (secondary N) is 1. The van der Waals surface area contributed by atoms with Crippen LogP contribution in [0.15, 0.2) is 29.2 Å². The van der Waals surface area contributed by atoms with E-state index >= 15 is 0 Å². The van der Waals surface area contributed by atoms with Crippen LogP contribution in [0.25, 0.3) is 0 Å². The summed E-state index contributed by atoms with van der Waals surface area (Å²) in [6.07, 6.45) is 4.87. The Balaban J connectivity index is 2.19. The molecule has 2 atom stereocenters. The summed E-state index contributed by atoms with van der Waals surface area (Å²) in [5.41, 5.74) is -0.241. The van der Waals surface area contributed by atoms with Crippen LogP contribution >= 0.6 is 11.8 Å². The van der Waals surface area contributed by atoms with E-state index in [1.165, 1.54) is 11.8 Å². The van der Waals surface area contributed by atoms with Gasteiger partial charge in [0.2, 0.25) is 5.91 Å². The van der Waals surface area contributed by atoms with Crippen molar-refractivity contribution in [1.82, 2.24) is 0 Å². The number of anilines is 1. The Hall–Kier alpha value is -2.00. The van der Waals surface area contributed by atoms with Gasteiger partial charge in [0.15, 0.2) is 0 Å². The summed E-state index contributed by atoms with van der Waals surface area (Å²) in [6, 6.07) is 9.70. The molecule has 2 rings (SSSR count). The van der Waals surface area contributed by atoms with E-state index in [1.54, 1.807) is 6.92 Å².